The van der Waals surface area contributed by atoms with E-state index in [-0.39, 0.29) is 21.8 Å². The van der Waals surface area contributed by atoms with Gasteiger partial charge in [-0.25, -0.2) is 0 Å². The Morgan fingerprint density at radius 3 is 1.57 bits per heavy atom. The summed E-state index contributed by atoms with van der Waals surface area (Å²) in [5.74, 6) is 2.83. The predicted octanol–water partition coefficient (Wildman–Crippen LogP) is 10.4. The Morgan fingerprint density at radius 1 is 0.548 bits per heavy atom. The van der Waals surface area contributed by atoms with Crippen molar-refractivity contribution < 1.29 is 14.2 Å². The third-order valence-corrected chi connectivity index (χ3v) is 8.10. The summed E-state index contributed by atoms with van der Waals surface area (Å²) in [6.07, 6.45) is 2.24. The zero-order valence-corrected chi connectivity index (χ0v) is 28.7. The third kappa shape index (κ3) is 9.28. The van der Waals surface area contributed by atoms with E-state index in [0.29, 0.717) is 13.2 Å². The molecular weight excluding hydrogens is 516 g/mol. The Hall–Kier alpha value is -2.94. The van der Waals surface area contributed by atoms with E-state index in [1.165, 1.54) is 33.4 Å². The highest BCUT2D eigenvalue weighted by molar-refractivity contribution is 5.45. The molecular formula is C39H56O3. The molecule has 0 unspecified atom stereocenters. The van der Waals surface area contributed by atoms with Crippen LogP contribution in [-0.4, -0.2) is 18.8 Å². The molecule has 3 aromatic rings. The molecule has 3 heteroatoms. The Morgan fingerprint density at radius 2 is 1.02 bits per heavy atom. The lowest BCUT2D eigenvalue weighted by Crippen LogP contribution is -2.32. The predicted molar refractivity (Wildman–Crippen MR) is 179 cm³/mol. The quantitative estimate of drug-likeness (QED) is 0.268. The minimum atomic E-state index is -0.0104. The van der Waals surface area contributed by atoms with Gasteiger partial charge in [0.25, 0.3) is 0 Å². The van der Waals surface area contributed by atoms with Gasteiger partial charge in [-0.05, 0) is 108 Å². The van der Waals surface area contributed by atoms with Gasteiger partial charge in [0.05, 0.1) is 0 Å². The summed E-state index contributed by atoms with van der Waals surface area (Å²) >= 11 is 0. The summed E-state index contributed by atoms with van der Waals surface area (Å²) in [4.78, 5) is 0. The highest BCUT2D eigenvalue weighted by atomic mass is 16.6. The summed E-state index contributed by atoms with van der Waals surface area (Å²) in [5, 5.41) is 0. The molecule has 42 heavy (non-hydrogen) atoms. The Labute approximate surface area is 257 Å². The smallest absolute Gasteiger partial charge is 0.161 e. The highest BCUT2D eigenvalue weighted by Gasteiger charge is 2.27. The molecule has 0 saturated heterocycles. The van der Waals surface area contributed by atoms with Crippen LogP contribution < -0.4 is 14.2 Å². The fourth-order valence-corrected chi connectivity index (χ4v) is 4.82. The van der Waals surface area contributed by atoms with Gasteiger partial charge in [-0.15, -0.1) is 0 Å². The van der Waals surface area contributed by atoms with E-state index in [1.807, 2.05) is 6.07 Å². The molecule has 0 saturated carbocycles. The van der Waals surface area contributed by atoms with Gasteiger partial charge in [0.1, 0.15) is 24.6 Å². The second-order valence-electron chi connectivity index (χ2n) is 15.6. The average Bonchev–Trinajstić information content (AvgIpc) is 2.88. The lowest BCUT2D eigenvalue weighted by atomic mass is 9.85. The molecule has 2 heterocycles. The van der Waals surface area contributed by atoms with Crippen molar-refractivity contribution >= 4 is 0 Å². The van der Waals surface area contributed by atoms with Crippen LogP contribution in [-0.2, 0) is 22.7 Å². The molecule has 0 amide bonds. The maximum absolute atomic E-state index is 6.06. The second kappa shape index (κ2) is 12.7. The van der Waals surface area contributed by atoms with E-state index in [1.54, 1.807) is 0 Å². The van der Waals surface area contributed by atoms with Gasteiger partial charge in [0.2, 0.25) is 0 Å². The maximum atomic E-state index is 6.06. The molecule has 0 fully saturated rings. The zero-order valence-electron chi connectivity index (χ0n) is 28.7. The van der Waals surface area contributed by atoms with Crippen LogP contribution in [0.25, 0.3) is 0 Å². The minimum Gasteiger partial charge on any atom is -0.488 e. The standard InChI is InChI=1S/C15H22O.C12H16O2.C12H18/c1-14(2,3)12-7-6-11-8-9-15(4,5)16-13(11)10-12;1-12(2,3)9-4-5-10-11(8-9)14-7-6-13-10;1-9-6-7-11(8-10(9)2)12(3,4)5/h6-7,10H,8-9H2,1-5H3;4-5,8H,6-7H2,1-3H3;6-8H,1-5H3. The van der Waals surface area contributed by atoms with Crippen molar-refractivity contribution in [3.8, 4) is 17.2 Å². The number of aryl methyl sites for hydroxylation is 3. The van der Waals surface area contributed by atoms with E-state index in [0.717, 1.165) is 30.1 Å². The molecule has 3 nitrogen and oxygen atoms in total. The van der Waals surface area contributed by atoms with Crippen molar-refractivity contribution in [2.24, 2.45) is 0 Å². The van der Waals surface area contributed by atoms with Gasteiger partial charge in [-0.3, -0.25) is 0 Å². The first kappa shape index (κ1) is 33.6. The van der Waals surface area contributed by atoms with Crippen LogP contribution in [0.3, 0.4) is 0 Å². The van der Waals surface area contributed by atoms with Gasteiger partial charge in [0, 0.05) is 0 Å². The van der Waals surface area contributed by atoms with Crippen LogP contribution in [0.5, 0.6) is 17.2 Å². The van der Waals surface area contributed by atoms with Gasteiger partial charge in [-0.2, -0.15) is 0 Å². The molecule has 3 aromatic carbocycles. The first-order chi connectivity index (χ1) is 19.3. The van der Waals surface area contributed by atoms with Gasteiger partial charge >= 0.3 is 0 Å². The first-order valence-electron chi connectivity index (χ1n) is 15.6. The summed E-state index contributed by atoms with van der Waals surface area (Å²) in [7, 11) is 0. The normalized spacial score (nSPS) is 15.6. The maximum Gasteiger partial charge on any atom is 0.161 e. The number of hydrogen-bond donors (Lipinski definition) is 0. The molecule has 0 aromatic heterocycles. The van der Waals surface area contributed by atoms with Crippen LogP contribution >= 0.6 is 0 Å². The summed E-state index contributed by atoms with van der Waals surface area (Å²) < 4.78 is 17.1. The summed E-state index contributed by atoms with van der Waals surface area (Å²) in [5.41, 5.74) is 8.80. The van der Waals surface area contributed by atoms with Crippen LogP contribution in [0, 0.1) is 13.8 Å². The minimum absolute atomic E-state index is 0.0104. The van der Waals surface area contributed by atoms with Crippen molar-refractivity contribution in [1.82, 2.24) is 0 Å². The lowest BCUT2D eigenvalue weighted by molar-refractivity contribution is 0.0844. The molecule has 0 bridgehead atoms. The molecule has 0 spiro atoms. The fourth-order valence-electron chi connectivity index (χ4n) is 4.82. The molecule has 2 aliphatic rings. The molecule has 230 valence electrons. The van der Waals surface area contributed by atoms with Crippen molar-refractivity contribution in [3.05, 3.63) is 88.0 Å². The van der Waals surface area contributed by atoms with Gasteiger partial charge in [-0.1, -0.05) is 98.7 Å². The number of rotatable bonds is 0. The van der Waals surface area contributed by atoms with Crippen LogP contribution in [0.15, 0.2) is 54.6 Å². The molecule has 5 rings (SSSR count). The number of fused-ring (bicyclic) bond motifs is 2. The summed E-state index contributed by atoms with van der Waals surface area (Å²) in [6, 6.07) is 19.6. The Balaban J connectivity index is 0.000000175. The van der Waals surface area contributed by atoms with Gasteiger partial charge in [0.15, 0.2) is 11.5 Å². The topological polar surface area (TPSA) is 27.7 Å². The Kier molecular flexibility index (Phi) is 10.2. The fraction of sp³-hybridized carbons (Fsp3) is 0.538. The van der Waals surface area contributed by atoms with Crippen molar-refractivity contribution in [1.29, 1.82) is 0 Å². The van der Waals surface area contributed by atoms with Crippen LogP contribution in [0.2, 0.25) is 0 Å². The van der Waals surface area contributed by atoms with E-state index < -0.39 is 0 Å². The van der Waals surface area contributed by atoms with Gasteiger partial charge < -0.3 is 14.2 Å². The second-order valence-corrected chi connectivity index (χ2v) is 15.6. The van der Waals surface area contributed by atoms with Crippen LogP contribution in [0.1, 0.15) is 116 Å². The molecule has 2 aliphatic heterocycles. The number of benzene rings is 3. The number of hydrogen-bond acceptors (Lipinski definition) is 3. The van der Waals surface area contributed by atoms with Crippen molar-refractivity contribution in [2.75, 3.05) is 13.2 Å². The monoisotopic (exact) mass is 572 g/mol. The van der Waals surface area contributed by atoms with E-state index in [9.17, 15) is 0 Å². The Bertz CT molecular complexity index is 1340. The van der Waals surface area contributed by atoms with E-state index >= 15 is 0 Å². The SMILES string of the molecule is CC(C)(C)c1ccc2c(c1)OCCO2.CC1(C)CCc2ccc(C(C)(C)C)cc2O1.Cc1ccc(C(C)(C)C)cc1C. The van der Waals surface area contributed by atoms with Crippen LogP contribution in [0.4, 0.5) is 0 Å². The molecule has 0 atom stereocenters. The lowest BCUT2D eigenvalue weighted by Gasteiger charge is -2.33. The molecule has 0 N–H and O–H groups in total. The molecule has 0 radical (unpaired) electrons. The first-order valence-corrected chi connectivity index (χ1v) is 15.6. The third-order valence-electron chi connectivity index (χ3n) is 8.10. The zero-order chi connectivity index (χ0) is 31.5. The van der Waals surface area contributed by atoms with E-state index in [4.69, 9.17) is 14.2 Å². The largest absolute Gasteiger partial charge is 0.488 e. The van der Waals surface area contributed by atoms with Crippen molar-refractivity contribution in [3.63, 3.8) is 0 Å². The van der Waals surface area contributed by atoms with E-state index in [2.05, 4.69) is 139 Å². The number of ether oxygens (including phenoxy) is 3. The molecule has 0 aliphatic carbocycles. The average molecular weight is 573 g/mol. The van der Waals surface area contributed by atoms with Crippen molar-refractivity contribution in [2.45, 2.75) is 125 Å². The highest BCUT2D eigenvalue weighted by Crippen LogP contribution is 2.37. The summed E-state index contributed by atoms with van der Waals surface area (Å²) in [6.45, 7) is 30.0.